The lowest BCUT2D eigenvalue weighted by atomic mass is 10.3. The minimum atomic E-state index is -3.82. The number of carbonyl (C=O) groups excluding carboxylic acids is 1. The maximum absolute atomic E-state index is 12.2. The maximum atomic E-state index is 12.2. The van der Waals surface area contributed by atoms with Crippen LogP contribution in [-0.4, -0.2) is 32.1 Å². The van der Waals surface area contributed by atoms with Crippen LogP contribution in [0.25, 0.3) is 10.2 Å². The Bertz CT molecular complexity index is 1050. The molecule has 1 aromatic heterocycles. The summed E-state index contributed by atoms with van der Waals surface area (Å²) < 4.78 is 35.7. The number of nitrogens with zero attached hydrogens (tertiary/aromatic N) is 2. The van der Waals surface area contributed by atoms with Crippen molar-refractivity contribution in [2.45, 2.75) is 11.4 Å². The van der Waals surface area contributed by atoms with Crippen LogP contribution in [0.15, 0.2) is 52.8 Å². The van der Waals surface area contributed by atoms with E-state index < -0.39 is 15.9 Å². The molecule has 3 rings (SSSR count). The first-order valence-electron chi connectivity index (χ1n) is 7.21. The van der Waals surface area contributed by atoms with Gasteiger partial charge in [0.15, 0.2) is 4.80 Å². The second kappa shape index (κ2) is 6.82. The summed E-state index contributed by atoms with van der Waals surface area (Å²) in [7, 11) is -3.82. The van der Waals surface area contributed by atoms with Gasteiger partial charge in [-0.2, -0.15) is 4.99 Å². The van der Waals surface area contributed by atoms with Crippen molar-refractivity contribution in [1.29, 1.82) is 0 Å². The van der Waals surface area contributed by atoms with Crippen LogP contribution >= 0.6 is 11.3 Å². The van der Waals surface area contributed by atoms with E-state index in [0.717, 1.165) is 5.52 Å². The molecule has 0 atom stereocenters. The monoisotopic (exact) mass is 381 g/mol. The molecule has 8 nitrogen and oxygen atoms in total. The van der Waals surface area contributed by atoms with E-state index in [9.17, 15) is 13.2 Å². The van der Waals surface area contributed by atoms with Gasteiger partial charge < -0.3 is 14.0 Å². The van der Waals surface area contributed by atoms with Crippen molar-refractivity contribution < 1.29 is 22.7 Å². The van der Waals surface area contributed by atoms with Gasteiger partial charge in [0, 0.05) is 6.54 Å². The fourth-order valence-electron chi connectivity index (χ4n) is 2.24. The van der Waals surface area contributed by atoms with Gasteiger partial charge in [0.25, 0.3) is 0 Å². The van der Waals surface area contributed by atoms with E-state index in [1.165, 1.54) is 29.7 Å². The van der Waals surface area contributed by atoms with Crippen LogP contribution in [0, 0.1) is 0 Å². The van der Waals surface area contributed by atoms with Gasteiger partial charge in [0.2, 0.25) is 15.8 Å². The number of sulfonamides is 1. The maximum Gasteiger partial charge on any atom is 0.317 e. The number of nitrogens with two attached hydrogens (primary N) is 1. The highest BCUT2D eigenvalue weighted by atomic mass is 32.2. The fourth-order valence-corrected chi connectivity index (χ4v) is 3.94. The first kappa shape index (κ1) is 17.4. The average Bonchev–Trinajstić information content (AvgIpc) is 2.92. The summed E-state index contributed by atoms with van der Waals surface area (Å²) in [5.74, 6) is -0.546. The highest BCUT2D eigenvalue weighted by Crippen LogP contribution is 2.21. The highest BCUT2D eigenvalue weighted by molar-refractivity contribution is 7.89. The molecule has 0 saturated heterocycles. The predicted molar refractivity (Wildman–Crippen MR) is 91.9 cm³/mol. The number of aromatic nitrogens is 1. The van der Waals surface area contributed by atoms with Crippen LogP contribution in [0.3, 0.4) is 0 Å². The molecule has 1 aromatic carbocycles. The second-order valence-corrected chi connectivity index (χ2v) is 7.65. The minimum Gasteiger partial charge on any atom is -0.494 e. The quantitative estimate of drug-likeness (QED) is 0.789. The summed E-state index contributed by atoms with van der Waals surface area (Å²) in [6.07, 6.45) is 2.89. The summed E-state index contributed by atoms with van der Waals surface area (Å²) in [5.41, 5.74) is 0.721. The number of amides is 1. The third-order valence-electron chi connectivity index (χ3n) is 3.35. The van der Waals surface area contributed by atoms with E-state index in [-0.39, 0.29) is 17.3 Å². The van der Waals surface area contributed by atoms with Crippen molar-refractivity contribution >= 4 is 37.5 Å². The lowest BCUT2D eigenvalue weighted by Gasteiger charge is -2.12. The topological polar surface area (TPSA) is 113 Å². The van der Waals surface area contributed by atoms with E-state index in [1.54, 1.807) is 16.7 Å². The number of hydrogen-bond donors (Lipinski definition) is 1. The number of hydrogen-bond acceptors (Lipinski definition) is 6. The Balaban J connectivity index is 2.14. The summed E-state index contributed by atoms with van der Waals surface area (Å²) in [5, 5.41) is 5.17. The van der Waals surface area contributed by atoms with Crippen LogP contribution < -0.4 is 9.94 Å². The Morgan fingerprint density at radius 2 is 2.24 bits per heavy atom. The van der Waals surface area contributed by atoms with Crippen molar-refractivity contribution in [3.05, 3.63) is 47.7 Å². The lowest BCUT2D eigenvalue weighted by Crippen LogP contribution is -2.19. The zero-order valence-electron chi connectivity index (χ0n) is 13.0. The molecule has 1 amide bonds. The molecule has 2 aromatic rings. The van der Waals surface area contributed by atoms with E-state index in [0.29, 0.717) is 22.7 Å². The van der Waals surface area contributed by atoms with Crippen LogP contribution in [-0.2, 0) is 30.8 Å². The van der Waals surface area contributed by atoms with Crippen LogP contribution in [0.2, 0.25) is 0 Å². The molecular weight excluding hydrogens is 366 g/mol. The number of rotatable bonds is 4. The Morgan fingerprint density at radius 3 is 2.88 bits per heavy atom. The minimum absolute atomic E-state index is 0.00315. The average molecular weight is 381 g/mol. The normalized spacial score (nSPS) is 15.4. The first-order valence-corrected chi connectivity index (χ1v) is 9.57. The number of thiazole rings is 1. The molecule has 0 spiro atoms. The molecule has 0 unspecified atom stereocenters. The molecule has 2 heterocycles. The van der Waals surface area contributed by atoms with Crippen LogP contribution in [0.5, 0.6) is 0 Å². The fraction of sp³-hybridized carbons (Fsp3) is 0.200. The van der Waals surface area contributed by atoms with Gasteiger partial charge in [0.1, 0.15) is 19.5 Å². The van der Waals surface area contributed by atoms with Gasteiger partial charge in [-0.25, -0.2) is 13.6 Å². The van der Waals surface area contributed by atoms with Gasteiger partial charge in [-0.15, -0.1) is 6.58 Å². The van der Waals surface area contributed by atoms with Crippen molar-refractivity contribution in [1.82, 2.24) is 4.57 Å². The lowest BCUT2D eigenvalue weighted by molar-refractivity contribution is -0.119. The largest absolute Gasteiger partial charge is 0.494 e. The summed E-state index contributed by atoms with van der Waals surface area (Å²) in [4.78, 5) is 16.7. The molecular formula is C15H15N3O5S2. The predicted octanol–water partition coefficient (Wildman–Crippen LogP) is 0.852. The number of benzene rings is 1. The third kappa shape index (κ3) is 3.65. The Labute approximate surface area is 147 Å². The van der Waals surface area contributed by atoms with E-state index in [2.05, 4.69) is 11.6 Å². The van der Waals surface area contributed by atoms with Gasteiger partial charge in [0.05, 0.1) is 15.1 Å². The SMILES string of the molecule is C=CCn1c(=NC(=O)C2=COCCO2)sc2cc(S(N)(=O)=O)ccc21. The molecule has 132 valence electrons. The van der Waals surface area contributed by atoms with Crippen molar-refractivity contribution in [3.63, 3.8) is 0 Å². The molecule has 0 radical (unpaired) electrons. The third-order valence-corrected chi connectivity index (χ3v) is 5.30. The standard InChI is InChI=1S/C15H15N3O5S2/c1-2-5-18-11-4-3-10(25(16,20)21)8-13(11)24-15(18)17-14(19)12-9-22-6-7-23-12/h2-4,8-9H,1,5-7H2,(H2,16,20,21). The van der Waals surface area contributed by atoms with Crippen LogP contribution in [0.4, 0.5) is 0 Å². The molecule has 0 aliphatic carbocycles. The molecule has 25 heavy (non-hydrogen) atoms. The summed E-state index contributed by atoms with van der Waals surface area (Å²) in [6.45, 7) is 4.76. The molecule has 10 heteroatoms. The van der Waals surface area contributed by atoms with Gasteiger partial charge in [-0.3, -0.25) is 4.79 Å². The van der Waals surface area contributed by atoms with E-state index in [1.807, 2.05) is 0 Å². The number of fused-ring (bicyclic) bond motifs is 1. The number of primary sulfonamides is 1. The van der Waals surface area contributed by atoms with E-state index in [4.69, 9.17) is 14.6 Å². The number of carbonyl (C=O) groups is 1. The summed E-state index contributed by atoms with van der Waals surface area (Å²) >= 11 is 1.17. The van der Waals surface area contributed by atoms with Gasteiger partial charge in [-0.05, 0) is 18.2 Å². The Kier molecular flexibility index (Phi) is 4.75. The Morgan fingerprint density at radius 1 is 1.44 bits per heavy atom. The van der Waals surface area contributed by atoms with Crippen molar-refractivity contribution in [2.24, 2.45) is 10.1 Å². The zero-order chi connectivity index (χ0) is 18.0. The number of ether oxygens (including phenoxy) is 2. The summed E-state index contributed by atoms with van der Waals surface area (Å²) in [6, 6.07) is 4.49. The first-order chi connectivity index (χ1) is 11.9. The molecule has 0 bridgehead atoms. The molecule has 1 aliphatic rings. The molecule has 0 saturated carbocycles. The number of allylic oxidation sites excluding steroid dienone is 1. The van der Waals surface area contributed by atoms with Crippen LogP contribution in [0.1, 0.15) is 0 Å². The van der Waals surface area contributed by atoms with Crippen molar-refractivity contribution in [2.75, 3.05) is 13.2 Å². The Hall–Kier alpha value is -2.43. The van der Waals surface area contributed by atoms with Gasteiger partial charge >= 0.3 is 5.91 Å². The van der Waals surface area contributed by atoms with Gasteiger partial charge in [-0.1, -0.05) is 17.4 Å². The van der Waals surface area contributed by atoms with Crippen molar-refractivity contribution in [3.8, 4) is 0 Å². The molecule has 0 fully saturated rings. The molecule has 1 aliphatic heterocycles. The highest BCUT2D eigenvalue weighted by Gasteiger charge is 2.16. The van der Waals surface area contributed by atoms with E-state index >= 15 is 0 Å². The smallest absolute Gasteiger partial charge is 0.317 e. The zero-order valence-corrected chi connectivity index (χ0v) is 14.7. The second-order valence-electron chi connectivity index (χ2n) is 5.08. The molecule has 2 N–H and O–H groups in total.